The average molecular weight is 299 g/mol. The first-order valence-electron chi connectivity index (χ1n) is 6.91. The van der Waals surface area contributed by atoms with E-state index in [1.54, 1.807) is 0 Å². The zero-order valence-corrected chi connectivity index (χ0v) is 12.6. The predicted molar refractivity (Wildman–Crippen MR) is 82.4 cm³/mol. The highest BCUT2D eigenvalue weighted by Gasteiger charge is 2.21. The molecule has 1 amide bonds. The molecule has 0 aliphatic carbocycles. The van der Waals surface area contributed by atoms with Crippen LogP contribution in [0.1, 0.15) is 37.7 Å². The van der Waals surface area contributed by atoms with Gasteiger partial charge in [-0.05, 0) is 31.4 Å². The van der Waals surface area contributed by atoms with Crippen LogP contribution in [0.5, 0.6) is 5.75 Å². The lowest BCUT2D eigenvalue weighted by molar-refractivity contribution is -0.121. The van der Waals surface area contributed by atoms with E-state index in [0.29, 0.717) is 18.9 Å². The number of benzene rings is 1. The smallest absolute Gasteiger partial charge is 0.220 e. The minimum absolute atomic E-state index is 0. The van der Waals surface area contributed by atoms with Crippen molar-refractivity contribution in [2.24, 2.45) is 5.73 Å². The van der Waals surface area contributed by atoms with Gasteiger partial charge in [-0.15, -0.1) is 12.4 Å². The highest BCUT2D eigenvalue weighted by Crippen LogP contribution is 2.32. The molecule has 4 nitrogen and oxygen atoms in total. The minimum atomic E-state index is 0. The fraction of sp³-hybridized carbons (Fsp3) is 0.533. The Balaban J connectivity index is 0.00000200. The summed E-state index contributed by atoms with van der Waals surface area (Å²) in [5.41, 5.74) is 6.84. The highest BCUT2D eigenvalue weighted by molar-refractivity contribution is 5.85. The Morgan fingerprint density at radius 3 is 3.00 bits per heavy atom. The third-order valence-electron chi connectivity index (χ3n) is 3.46. The van der Waals surface area contributed by atoms with Crippen molar-refractivity contribution >= 4 is 18.3 Å². The summed E-state index contributed by atoms with van der Waals surface area (Å²) in [6.07, 6.45) is 2.18. The van der Waals surface area contributed by atoms with E-state index >= 15 is 0 Å². The molecule has 112 valence electrons. The molecule has 3 N–H and O–H groups in total. The lowest BCUT2D eigenvalue weighted by Crippen LogP contribution is -2.31. The maximum atomic E-state index is 11.7. The molecule has 1 aromatic rings. The number of fused-ring (bicyclic) bond motifs is 1. The SMILES string of the molecule is CC(N)CCC(=O)NCC1CCOc2ccccc21.Cl. The second-order valence-electron chi connectivity index (χ2n) is 5.19. The number of rotatable bonds is 5. The summed E-state index contributed by atoms with van der Waals surface area (Å²) in [7, 11) is 0. The van der Waals surface area contributed by atoms with Crippen LogP contribution in [0.2, 0.25) is 0 Å². The number of para-hydroxylation sites is 1. The maximum absolute atomic E-state index is 11.7. The molecule has 2 atom stereocenters. The summed E-state index contributed by atoms with van der Waals surface area (Å²) in [6, 6.07) is 8.13. The van der Waals surface area contributed by atoms with Crippen LogP contribution >= 0.6 is 12.4 Å². The zero-order chi connectivity index (χ0) is 13.7. The monoisotopic (exact) mass is 298 g/mol. The number of carbonyl (C=O) groups is 1. The number of hydrogen-bond donors (Lipinski definition) is 2. The zero-order valence-electron chi connectivity index (χ0n) is 11.8. The molecule has 20 heavy (non-hydrogen) atoms. The Kier molecular flexibility index (Phi) is 6.82. The van der Waals surface area contributed by atoms with Crippen LogP contribution in [-0.4, -0.2) is 25.1 Å². The minimum Gasteiger partial charge on any atom is -0.493 e. The van der Waals surface area contributed by atoms with Crippen LogP contribution in [0.3, 0.4) is 0 Å². The van der Waals surface area contributed by atoms with E-state index in [9.17, 15) is 4.79 Å². The van der Waals surface area contributed by atoms with Crippen molar-refractivity contribution in [3.63, 3.8) is 0 Å². The highest BCUT2D eigenvalue weighted by atomic mass is 35.5. The van der Waals surface area contributed by atoms with Gasteiger partial charge in [0.1, 0.15) is 5.75 Å². The Morgan fingerprint density at radius 2 is 2.25 bits per heavy atom. The van der Waals surface area contributed by atoms with Crippen molar-refractivity contribution in [1.29, 1.82) is 0 Å². The topological polar surface area (TPSA) is 64.4 Å². The Hall–Kier alpha value is -1.26. The fourth-order valence-corrected chi connectivity index (χ4v) is 2.31. The molecule has 0 saturated heterocycles. The molecule has 2 unspecified atom stereocenters. The van der Waals surface area contributed by atoms with Crippen molar-refractivity contribution in [2.45, 2.75) is 38.1 Å². The number of amides is 1. The van der Waals surface area contributed by atoms with E-state index < -0.39 is 0 Å². The van der Waals surface area contributed by atoms with E-state index in [0.717, 1.165) is 25.2 Å². The Morgan fingerprint density at radius 1 is 1.50 bits per heavy atom. The molecule has 0 bridgehead atoms. The summed E-state index contributed by atoms with van der Waals surface area (Å²) in [5, 5.41) is 3.00. The first kappa shape index (κ1) is 16.8. The van der Waals surface area contributed by atoms with Crippen molar-refractivity contribution in [3.8, 4) is 5.75 Å². The fourth-order valence-electron chi connectivity index (χ4n) is 2.31. The molecule has 0 spiro atoms. The van der Waals surface area contributed by atoms with Gasteiger partial charge >= 0.3 is 0 Å². The first-order chi connectivity index (χ1) is 9.16. The van der Waals surface area contributed by atoms with Crippen LogP contribution in [0.4, 0.5) is 0 Å². The van der Waals surface area contributed by atoms with Crippen LogP contribution in [0.15, 0.2) is 24.3 Å². The van der Waals surface area contributed by atoms with Crippen LogP contribution in [0, 0.1) is 0 Å². The quantitative estimate of drug-likeness (QED) is 0.876. The summed E-state index contributed by atoms with van der Waals surface area (Å²) < 4.78 is 5.61. The Bertz CT molecular complexity index is 438. The molecule has 0 fully saturated rings. The van der Waals surface area contributed by atoms with Crippen molar-refractivity contribution in [3.05, 3.63) is 29.8 Å². The second kappa shape index (κ2) is 8.12. The third-order valence-corrected chi connectivity index (χ3v) is 3.46. The van der Waals surface area contributed by atoms with Crippen LogP contribution in [-0.2, 0) is 4.79 Å². The summed E-state index contributed by atoms with van der Waals surface area (Å²) in [4.78, 5) is 11.7. The third kappa shape index (κ3) is 4.69. The molecule has 1 aliphatic heterocycles. The lowest BCUT2D eigenvalue weighted by Gasteiger charge is -2.26. The van der Waals surface area contributed by atoms with E-state index in [4.69, 9.17) is 10.5 Å². The molecule has 0 radical (unpaired) electrons. The van der Waals surface area contributed by atoms with Gasteiger partial charge in [-0.3, -0.25) is 4.79 Å². The van der Waals surface area contributed by atoms with Gasteiger partial charge in [0.25, 0.3) is 0 Å². The summed E-state index contributed by atoms with van der Waals surface area (Å²) in [5.74, 6) is 1.38. The standard InChI is InChI=1S/C15H22N2O2.ClH/c1-11(16)6-7-15(18)17-10-12-8-9-19-14-5-3-2-4-13(12)14;/h2-5,11-12H,6-10,16H2,1H3,(H,17,18);1H. The van der Waals surface area contributed by atoms with E-state index in [1.165, 1.54) is 5.56 Å². The van der Waals surface area contributed by atoms with Gasteiger partial charge in [-0.25, -0.2) is 0 Å². The predicted octanol–water partition coefficient (Wildman–Crippen LogP) is 2.22. The molecule has 0 saturated carbocycles. The maximum Gasteiger partial charge on any atom is 0.220 e. The normalized spacial score (nSPS) is 18.2. The molecule has 1 aliphatic rings. The number of carbonyl (C=O) groups excluding carboxylic acids is 1. The number of nitrogens with one attached hydrogen (secondary N) is 1. The number of ether oxygens (including phenoxy) is 1. The van der Waals surface area contributed by atoms with Gasteiger partial charge in [-0.2, -0.15) is 0 Å². The summed E-state index contributed by atoms with van der Waals surface area (Å²) in [6.45, 7) is 3.32. The molecule has 1 heterocycles. The molecular weight excluding hydrogens is 276 g/mol. The second-order valence-corrected chi connectivity index (χ2v) is 5.19. The molecule has 1 aromatic carbocycles. The van der Waals surface area contributed by atoms with Gasteiger partial charge in [0.05, 0.1) is 6.61 Å². The number of halogens is 1. The van der Waals surface area contributed by atoms with Crippen molar-refractivity contribution in [1.82, 2.24) is 5.32 Å². The van der Waals surface area contributed by atoms with Crippen molar-refractivity contribution in [2.75, 3.05) is 13.2 Å². The largest absolute Gasteiger partial charge is 0.493 e. The van der Waals surface area contributed by atoms with Gasteiger partial charge in [-0.1, -0.05) is 18.2 Å². The molecule has 2 rings (SSSR count). The van der Waals surface area contributed by atoms with Gasteiger partial charge in [0.2, 0.25) is 5.91 Å². The number of nitrogens with two attached hydrogens (primary N) is 1. The van der Waals surface area contributed by atoms with Crippen LogP contribution in [0.25, 0.3) is 0 Å². The first-order valence-corrected chi connectivity index (χ1v) is 6.91. The van der Waals surface area contributed by atoms with Gasteiger partial charge < -0.3 is 15.8 Å². The van der Waals surface area contributed by atoms with Crippen LogP contribution < -0.4 is 15.8 Å². The van der Waals surface area contributed by atoms with E-state index in [2.05, 4.69) is 11.4 Å². The molecule has 5 heteroatoms. The van der Waals surface area contributed by atoms with Gasteiger partial charge in [0, 0.05) is 24.9 Å². The van der Waals surface area contributed by atoms with E-state index in [-0.39, 0.29) is 24.4 Å². The number of hydrogen-bond acceptors (Lipinski definition) is 3. The lowest BCUT2D eigenvalue weighted by atomic mass is 9.93. The Labute approximate surface area is 126 Å². The van der Waals surface area contributed by atoms with Crippen molar-refractivity contribution < 1.29 is 9.53 Å². The molecule has 0 aromatic heterocycles. The molecular formula is C15H23ClN2O2. The average Bonchev–Trinajstić information content (AvgIpc) is 2.42. The van der Waals surface area contributed by atoms with E-state index in [1.807, 2.05) is 25.1 Å². The summed E-state index contributed by atoms with van der Waals surface area (Å²) >= 11 is 0. The van der Waals surface area contributed by atoms with Gasteiger partial charge in [0.15, 0.2) is 0 Å².